The summed E-state index contributed by atoms with van der Waals surface area (Å²) in [6.07, 6.45) is 0.719. The molecule has 0 radical (unpaired) electrons. The smallest absolute Gasteiger partial charge is 0.244 e. The molecule has 0 N–H and O–H groups in total. The molecule has 2 aromatic carbocycles. The molecule has 22 heavy (non-hydrogen) atoms. The Morgan fingerprint density at radius 3 is 2.18 bits per heavy atom. The normalized spacial score (nSPS) is 27.4. The molecule has 1 aliphatic rings. The second-order valence-corrected chi connectivity index (χ2v) is 7.59. The molecule has 1 fully saturated rings. The molecule has 0 aromatic heterocycles. The highest BCUT2D eigenvalue weighted by atomic mass is 32.2. The minimum Gasteiger partial charge on any atom is -0.301 e. The van der Waals surface area contributed by atoms with Gasteiger partial charge in [-0.2, -0.15) is 4.31 Å². The number of sulfonamides is 1. The van der Waals surface area contributed by atoms with Crippen molar-refractivity contribution in [2.45, 2.75) is 30.3 Å². The van der Waals surface area contributed by atoms with Crippen LogP contribution < -0.4 is 0 Å². The summed E-state index contributed by atoms with van der Waals surface area (Å²) in [5, 5.41) is 0. The molecule has 114 valence electrons. The van der Waals surface area contributed by atoms with E-state index in [9.17, 15) is 13.2 Å². The van der Waals surface area contributed by atoms with Crippen LogP contribution in [-0.4, -0.2) is 24.5 Å². The SMILES string of the molecule is Cc1ccc(S(=O)(=O)[N@@]2C(c3ccccc3)[C@@]2(C)C=O)cc1. The maximum Gasteiger partial charge on any atom is 0.244 e. The molecule has 3 atom stereocenters. The van der Waals surface area contributed by atoms with E-state index in [1.165, 1.54) is 4.31 Å². The molecule has 2 aromatic rings. The first kappa shape index (κ1) is 14.9. The molecule has 1 heterocycles. The van der Waals surface area contributed by atoms with E-state index in [1.807, 2.05) is 37.3 Å². The number of aryl methyl sites for hydroxylation is 1. The first-order valence-electron chi connectivity index (χ1n) is 7.04. The molecule has 1 unspecified atom stereocenters. The summed E-state index contributed by atoms with van der Waals surface area (Å²) >= 11 is 0. The van der Waals surface area contributed by atoms with Crippen LogP contribution in [0.15, 0.2) is 59.5 Å². The summed E-state index contributed by atoms with van der Waals surface area (Å²) in [4.78, 5) is 11.7. The van der Waals surface area contributed by atoms with Crippen molar-refractivity contribution in [2.75, 3.05) is 0 Å². The topological polar surface area (TPSA) is 54.2 Å². The van der Waals surface area contributed by atoms with E-state index in [0.29, 0.717) is 0 Å². The molecular weight excluding hydrogens is 298 g/mol. The maximum absolute atomic E-state index is 12.8. The number of aldehydes is 1. The number of benzene rings is 2. The van der Waals surface area contributed by atoms with Gasteiger partial charge in [-0.15, -0.1) is 0 Å². The molecule has 0 amide bonds. The van der Waals surface area contributed by atoms with Crippen molar-refractivity contribution in [3.8, 4) is 0 Å². The van der Waals surface area contributed by atoms with Crippen molar-refractivity contribution < 1.29 is 13.2 Å². The van der Waals surface area contributed by atoms with Crippen molar-refractivity contribution >= 4 is 16.3 Å². The van der Waals surface area contributed by atoms with Crippen LogP contribution in [0.3, 0.4) is 0 Å². The largest absolute Gasteiger partial charge is 0.301 e. The summed E-state index contributed by atoms with van der Waals surface area (Å²) in [6.45, 7) is 3.56. The van der Waals surface area contributed by atoms with Gasteiger partial charge in [0, 0.05) is 0 Å². The minimum atomic E-state index is -3.70. The van der Waals surface area contributed by atoms with Gasteiger partial charge < -0.3 is 4.79 Å². The summed E-state index contributed by atoms with van der Waals surface area (Å²) < 4.78 is 26.9. The van der Waals surface area contributed by atoms with E-state index in [0.717, 1.165) is 17.4 Å². The fourth-order valence-corrected chi connectivity index (χ4v) is 4.75. The van der Waals surface area contributed by atoms with Crippen molar-refractivity contribution in [2.24, 2.45) is 0 Å². The first-order chi connectivity index (χ1) is 10.4. The van der Waals surface area contributed by atoms with Gasteiger partial charge in [-0.05, 0) is 31.5 Å². The van der Waals surface area contributed by atoms with Crippen LogP contribution in [0.5, 0.6) is 0 Å². The minimum absolute atomic E-state index is 0.213. The van der Waals surface area contributed by atoms with Crippen LogP contribution in [-0.2, 0) is 14.8 Å². The Morgan fingerprint density at radius 2 is 1.64 bits per heavy atom. The molecule has 0 saturated carbocycles. The fraction of sp³-hybridized carbons (Fsp3) is 0.235. The third kappa shape index (κ3) is 2.17. The summed E-state index contributed by atoms with van der Waals surface area (Å²) in [5.41, 5.74) is 0.792. The third-order valence-corrected chi connectivity index (χ3v) is 6.12. The Labute approximate surface area is 130 Å². The van der Waals surface area contributed by atoms with E-state index < -0.39 is 21.6 Å². The molecule has 0 spiro atoms. The van der Waals surface area contributed by atoms with Crippen molar-refractivity contribution in [1.29, 1.82) is 0 Å². The van der Waals surface area contributed by atoms with Crippen LogP contribution in [0.1, 0.15) is 24.1 Å². The number of carbonyl (C=O) groups is 1. The van der Waals surface area contributed by atoms with Gasteiger partial charge in [0.25, 0.3) is 0 Å². The van der Waals surface area contributed by atoms with E-state index in [1.54, 1.807) is 31.2 Å². The highest BCUT2D eigenvalue weighted by Crippen LogP contribution is 2.55. The fourth-order valence-electron chi connectivity index (χ4n) is 2.82. The number of hydrogen-bond acceptors (Lipinski definition) is 3. The van der Waals surface area contributed by atoms with Gasteiger partial charge in [-0.25, -0.2) is 8.42 Å². The second-order valence-electron chi connectivity index (χ2n) is 5.77. The monoisotopic (exact) mass is 315 g/mol. The molecule has 1 aliphatic heterocycles. The molecule has 5 heteroatoms. The lowest BCUT2D eigenvalue weighted by Crippen LogP contribution is -2.22. The summed E-state index contributed by atoms with van der Waals surface area (Å²) in [5.74, 6) is 0. The average Bonchev–Trinajstić information content (AvgIpc) is 3.16. The Morgan fingerprint density at radius 1 is 1.05 bits per heavy atom. The predicted octanol–water partition coefficient (Wildman–Crippen LogP) is 2.70. The lowest BCUT2D eigenvalue weighted by atomic mass is 10.0. The van der Waals surface area contributed by atoms with Gasteiger partial charge in [0.15, 0.2) is 0 Å². The van der Waals surface area contributed by atoms with E-state index in [-0.39, 0.29) is 4.90 Å². The number of rotatable bonds is 4. The predicted molar refractivity (Wildman–Crippen MR) is 83.9 cm³/mol. The van der Waals surface area contributed by atoms with Crippen LogP contribution in [0.4, 0.5) is 0 Å². The van der Waals surface area contributed by atoms with Crippen LogP contribution >= 0.6 is 0 Å². The van der Waals surface area contributed by atoms with E-state index >= 15 is 0 Å². The highest BCUT2D eigenvalue weighted by Gasteiger charge is 2.66. The van der Waals surface area contributed by atoms with Crippen LogP contribution in [0.2, 0.25) is 0 Å². The van der Waals surface area contributed by atoms with Crippen LogP contribution in [0.25, 0.3) is 0 Å². The number of carbonyl (C=O) groups excluding carboxylic acids is 1. The van der Waals surface area contributed by atoms with E-state index in [4.69, 9.17) is 0 Å². The summed E-state index contributed by atoms with van der Waals surface area (Å²) in [7, 11) is -3.70. The third-order valence-electron chi connectivity index (χ3n) is 4.13. The first-order valence-corrected chi connectivity index (χ1v) is 8.48. The molecular formula is C17H17NO3S. The second kappa shape index (κ2) is 5.04. The van der Waals surface area contributed by atoms with Gasteiger partial charge in [-0.1, -0.05) is 48.0 Å². The lowest BCUT2D eigenvalue weighted by molar-refractivity contribution is -0.110. The Kier molecular flexibility index (Phi) is 3.42. The molecule has 0 aliphatic carbocycles. The summed E-state index contributed by atoms with van der Waals surface area (Å²) in [6, 6.07) is 15.5. The Balaban J connectivity index is 2.03. The van der Waals surface area contributed by atoms with Gasteiger partial charge in [0.1, 0.15) is 11.8 Å². The van der Waals surface area contributed by atoms with Gasteiger partial charge in [0.2, 0.25) is 10.0 Å². The van der Waals surface area contributed by atoms with Crippen molar-refractivity contribution in [1.82, 2.24) is 4.31 Å². The lowest BCUT2D eigenvalue weighted by Gasteiger charge is -2.08. The number of nitrogens with zero attached hydrogens (tertiary/aromatic N) is 1. The molecule has 1 saturated heterocycles. The van der Waals surface area contributed by atoms with Gasteiger partial charge in [-0.3, -0.25) is 0 Å². The maximum atomic E-state index is 12.8. The zero-order valence-electron chi connectivity index (χ0n) is 12.4. The standard InChI is InChI=1S/C17H17NO3S/c1-13-8-10-15(11-9-13)22(20,21)18-16(17(18,2)12-19)14-6-4-3-5-7-14/h3-12,16H,1-2H3/t16?,17-,18+/m1/s1. The Bertz CT molecular complexity index is 800. The zero-order chi connectivity index (χ0) is 16.0. The Hall–Kier alpha value is -1.98. The van der Waals surface area contributed by atoms with Gasteiger partial charge in [0.05, 0.1) is 10.9 Å². The molecule has 0 bridgehead atoms. The zero-order valence-corrected chi connectivity index (χ0v) is 13.2. The highest BCUT2D eigenvalue weighted by molar-refractivity contribution is 7.89. The quantitative estimate of drug-likeness (QED) is 0.644. The van der Waals surface area contributed by atoms with E-state index in [2.05, 4.69) is 0 Å². The molecule has 4 nitrogen and oxygen atoms in total. The molecule has 3 rings (SSSR count). The van der Waals surface area contributed by atoms with Crippen molar-refractivity contribution in [3.63, 3.8) is 0 Å². The van der Waals surface area contributed by atoms with Crippen LogP contribution in [0, 0.1) is 6.92 Å². The average molecular weight is 315 g/mol. The number of hydrogen-bond donors (Lipinski definition) is 0. The van der Waals surface area contributed by atoms with Gasteiger partial charge >= 0.3 is 0 Å². The van der Waals surface area contributed by atoms with Crippen molar-refractivity contribution in [3.05, 3.63) is 65.7 Å².